The van der Waals surface area contributed by atoms with Gasteiger partial charge in [0.05, 0.1) is 10.0 Å². The molecule has 1 aliphatic heterocycles. The summed E-state index contributed by atoms with van der Waals surface area (Å²) in [6, 6.07) is 9.72. The minimum Gasteiger partial charge on any atom is -0.481 e. The second-order valence-electron chi connectivity index (χ2n) is 6.41. The van der Waals surface area contributed by atoms with Gasteiger partial charge in [-0.25, -0.2) is 5.43 Å². The molecule has 29 heavy (non-hydrogen) atoms. The number of carbonyl (C=O) groups excluding carboxylic acids is 2. The van der Waals surface area contributed by atoms with E-state index in [0.29, 0.717) is 22.0 Å². The maximum Gasteiger partial charge on any atom is 0.277 e. The molecule has 152 valence electrons. The zero-order valence-electron chi connectivity index (χ0n) is 15.1. The molecule has 1 unspecified atom stereocenters. The monoisotopic (exact) mass is 455 g/mol. The molecule has 7 nitrogen and oxygen atoms in total. The minimum atomic E-state index is -1.75. The van der Waals surface area contributed by atoms with Gasteiger partial charge >= 0.3 is 0 Å². The Kier molecular flexibility index (Phi) is 6.33. The number of rotatable bonds is 6. The van der Waals surface area contributed by atoms with Gasteiger partial charge in [-0.05, 0) is 25.1 Å². The lowest BCUT2D eigenvalue weighted by Gasteiger charge is -2.20. The first-order chi connectivity index (χ1) is 13.7. The summed E-state index contributed by atoms with van der Waals surface area (Å²) in [5, 5.41) is 18.0. The van der Waals surface area contributed by atoms with E-state index in [4.69, 9.17) is 39.5 Å². The molecule has 1 aliphatic rings. The lowest BCUT2D eigenvalue weighted by atomic mass is 9.90. The Bertz CT molecular complexity index is 989. The molecule has 0 aliphatic carbocycles. The Morgan fingerprint density at radius 1 is 1.24 bits per heavy atom. The molecule has 2 amide bonds. The molecule has 3 rings (SSSR count). The summed E-state index contributed by atoms with van der Waals surface area (Å²) in [5.74, 6) is -0.994. The number of carbonyl (C=O) groups is 2. The summed E-state index contributed by atoms with van der Waals surface area (Å²) in [6.45, 7) is 1.19. The Hall–Kier alpha value is -2.32. The molecule has 1 heterocycles. The minimum absolute atomic E-state index is 0.0914. The molecule has 0 saturated carbocycles. The van der Waals surface area contributed by atoms with Gasteiger partial charge in [0.2, 0.25) is 0 Å². The van der Waals surface area contributed by atoms with Crippen molar-refractivity contribution >= 4 is 58.0 Å². The van der Waals surface area contributed by atoms with Crippen LogP contribution in [0, 0.1) is 0 Å². The van der Waals surface area contributed by atoms with Gasteiger partial charge in [0.25, 0.3) is 11.8 Å². The molecular weight excluding hydrogens is 441 g/mol. The van der Waals surface area contributed by atoms with E-state index >= 15 is 0 Å². The molecule has 3 N–H and O–H groups in total. The number of amides is 2. The molecule has 0 saturated heterocycles. The van der Waals surface area contributed by atoms with Crippen molar-refractivity contribution in [2.24, 2.45) is 5.10 Å². The lowest BCUT2D eigenvalue weighted by Crippen LogP contribution is -2.36. The zero-order valence-corrected chi connectivity index (χ0v) is 17.4. The van der Waals surface area contributed by atoms with Gasteiger partial charge in [-0.1, -0.05) is 53.0 Å². The van der Waals surface area contributed by atoms with Crippen LogP contribution in [0.2, 0.25) is 15.1 Å². The van der Waals surface area contributed by atoms with Crippen LogP contribution in [0.5, 0.6) is 5.75 Å². The average molecular weight is 457 g/mol. The number of hydrazone groups is 1. The Labute approximate surface area is 181 Å². The summed E-state index contributed by atoms with van der Waals surface area (Å²) in [4.78, 5) is 24.2. The maximum absolute atomic E-state index is 12.2. The van der Waals surface area contributed by atoms with Crippen molar-refractivity contribution in [3.8, 4) is 5.75 Å². The summed E-state index contributed by atoms with van der Waals surface area (Å²) < 4.78 is 5.32. The number of nitrogens with zero attached hydrogens (tertiary/aromatic N) is 1. The van der Waals surface area contributed by atoms with Crippen molar-refractivity contribution in [3.63, 3.8) is 0 Å². The number of hydrogen-bond donors (Lipinski definition) is 3. The fourth-order valence-corrected chi connectivity index (χ4v) is 3.81. The molecule has 10 heteroatoms. The first-order valence-electron chi connectivity index (χ1n) is 8.43. The van der Waals surface area contributed by atoms with Gasteiger partial charge < -0.3 is 15.2 Å². The van der Waals surface area contributed by atoms with Crippen LogP contribution in [0.3, 0.4) is 0 Å². The highest BCUT2D eigenvalue weighted by atomic mass is 35.5. The highest BCUT2D eigenvalue weighted by Gasteiger charge is 2.45. The number of fused-ring (bicyclic) bond motifs is 1. The molecule has 0 spiro atoms. The van der Waals surface area contributed by atoms with Gasteiger partial charge in [0.1, 0.15) is 0 Å². The number of aliphatic hydroxyl groups is 1. The van der Waals surface area contributed by atoms with Gasteiger partial charge in [-0.2, -0.15) is 5.10 Å². The first kappa shape index (κ1) is 21.4. The number of benzene rings is 2. The quantitative estimate of drug-likeness (QED) is 0.455. The van der Waals surface area contributed by atoms with Crippen LogP contribution in [0.4, 0.5) is 5.69 Å². The van der Waals surface area contributed by atoms with Crippen LogP contribution < -0.4 is 15.5 Å². The van der Waals surface area contributed by atoms with E-state index in [0.717, 1.165) is 0 Å². The van der Waals surface area contributed by atoms with Crippen LogP contribution in [0.25, 0.3) is 0 Å². The van der Waals surface area contributed by atoms with E-state index in [1.54, 1.807) is 31.2 Å². The molecule has 0 aromatic heterocycles. The standard InChI is InChI=1S/C19H16Cl3N3O4/c1-10(8-19(28)12-4-2-3-5-15(12)23-18(19)27)24-25-16(26)9-29-17-13(21)6-11(20)7-14(17)22/h2-7,28H,8-9H2,1H3,(H,23,27)(H,25,26). The van der Waals surface area contributed by atoms with Crippen molar-refractivity contribution in [1.82, 2.24) is 5.43 Å². The molecule has 0 fully saturated rings. The maximum atomic E-state index is 12.2. The summed E-state index contributed by atoms with van der Waals surface area (Å²) >= 11 is 17.8. The molecule has 2 aromatic rings. The summed E-state index contributed by atoms with van der Waals surface area (Å²) in [5.41, 5.74) is 1.89. The normalized spacial score (nSPS) is 18.2. The number of para-hydroxylation sites is 1. The Morgan fingerprint density at radius 2 is 1.90 bits per heavy atom. The number of ether oxygens (including phenoxy) is 1. The molecule has 0 radical (unpaired) electrons. The second kappa shape index (κ2) is 8.59. The highest BCUT2D eigenvalue weighted by Crippen LogP contribution is 2.38. The number of anilines is 1. The third kappa shape index (κ3) is 4.64. The zero-order chi connectivity index (χ0) is 21.2. The topological polar surface area (TPSA) is 100 Å². The third-order valence-corrected chi connectivity index (χ3v) is 4.97. The van der Waals surface area contributed by atoms with E-state index in [-0.39, 0.29) is 22.2 Å². The van der Waals surface area contributed by atoms with Gasteiger partial charge in [0.15, 0.2) is 18.0 Å². The van der Waals surface area contributed by atoms with Crippen molar-refractivity contribution in [1.29, 1.82) is 0 Å². The predicted molar refractivity (Wildman–Crippen MR) is 112 cm³/mol. The highest BCUT2D eigenvalue weighted by molar-refractivity contribution is 6.40. The predicted octanol–water partition coefficient (Wildman–Crippen LogP) is 3.75. The number of nitrogens with one attached hydrogen (secondary N) is 2. The summed E-state index contributed by atoms with van der Waals surface area (Å²) in [6.07, 6.45) is -0.0914. The molecular formula is C19H16Cl3N3O4. The molecule has 2 aromatic carbocycles. The van der Waals surface area contributed by atoms with Crippen molar-refractivity contribution in [2.45, 2.75) is 18.9 Å². The van der Waals surface area contributed by atoms with Crippen LogP contribution in [-0.2, 0) is 15.2 Å². The van der Waals surface area contributed by atoms with E-state index in [9.17, 15) is 14.7 Å². The van der Waals surface area contributed by atoms with Crippen molar-refractivity contribution < 1.29 is 19.4 Å². The molecule has 1 atom stereocenters. The van der Waals surface area contributed by atoms with Gasteiger partial charge in [-0.3, -0.25) is 9.59 Å². The lowest BCUT2D eigenvalue weighted by molar-refractivity contribution is -0.132. The Balaban J connectivity index is 1.60. The average Bonchev–Trinajstić information content (AvgIpc) is 2.89. The smallest absolute Gasteiger partial charge is 0.277 e. The van der Waals surface area contributed by atoms with E-state index in [1.165, 1.54) is 12.1 Å². The van der Waals surface area contributed by atoms with E-state index in [2.05, 4.69) is 15.8 Å². The fraction of sp³-hybridized carbons (Fsp3) is 0.211. The van der Waals surface area contributed by atoms with Crippen LogP contribution >= 0.6 is 34.8 Å². The largest absolute Gasteiger partial charge is 0.481 e. The van der Waals surface area contributed by atoms with Crippen molar-refractivity contribution in [2.75, 3.05) is 11.9 Å². The Morgan fingerprint density at radius 3 is 2.59 bits per heavy atom. The van der Waals surface area contributed by atoms with E-state index < -0.39 is 24.0 Å². The third-order valence-electron chi connectivity index (χ3n) is 4.19. The van der Waals surface area contributed by atoms with Crippen molar-refractivity contribution in [3.05, 3.63) is 57.0 Å². The van der Waals surface area contributed by atoms with Gasteiger partial charge in [-0.15, -0.1) is 0 Å². The van der Waals surface area contributed by atoms with Crippen LogP contribution in [0.15, 0.2) is 41.5 Å². The SMILES string of the molecule is CC(CC1(O)C(=O)Nc2ccccc21)=NNC(=O)COc1c(Cl)cc(Cl)cc1Cl. The number of halogens is 3. The fourth-order valence-electron chi connectivity index (χ4n) is 2.88. The van der Waals surface area contributed by atoms with Crippen LogP contribution in [-0.4, -0.2) is 29.2 Å². The van der Waals surface area contributed by atoms with E-state index in [1.807, 2.05) is 0 Å². The summed E-state index contributed by atoms with van der Waals surface area (Å²) in [7, 11) is 0. The van der Waals surface area contributed by atoms with Gasteiger partial charge in [0, 0.05) is 28.4 Å². The van der Waals surface area contributed by atoms with Crippen LogP contribution in [0.1, 0.15) is 18.9 Å². The second-order valence-corrected chi connectivity index (χ2v) is 7.66. The first-order valence-corrected chi connectivity index (χ1v) is 9.57. The number of hydrogen-bond acceptors (Lipinski definition) is 5. The molecule has 0 bridgehead atoms.